The van der Waals surface area contributed by atoms with Crippen molar-refractivity contribution in [2.45, 2.75) is 64.0 Å². The van der Waals surface area contributed by atoms with Gasteiger partial charge in [-0.1, -0.05) is 12.8 Å². The summed E-state index contributed by atoms with van der Waals surface area (Å²) >= 11 is 0. The standard InChI is InChI=1S/C17H24N4O/c1-12-10-13(11-18)20-16(19-12)21-9-5-7-15(21)14-6-3-4-8-17(14,2)22/h10,14-15,22H,3-9H2,1-2H3. The number of hydrogen-bond acceptors (Lipinski definition) is 5. The largest absolute Gasteiger partial charge is 0.390 e. The lowest BCUT2D eigenvalue weighted by molar-refractivity contribution is -0.0411. The molecule has 0 bridgehead atoms. The quantitative estimate of drug-likeness (QED) is 0.908. The Bertz CT molecular complexity index is 593. The number of aliphatic hydroxyl groups is 1. The summed E-state index contributed by atoms with van der Waals surface area (Å²) in [5.74, 6) is 0.916. The van der Waals surface area contributed by atoms with Crippen molar-refractivity contribution in [2.75, 3.05) is 11.4 Å². The summed E-state index contributed by atoms with van der Waals surface area (Å²) in [7, 11) is 0. The molecule has 0 aromatic carbocycles. The zero-order valence-corrected chi connectivity index (χ0v) is 13.4. The van der Waals surface area contributed by atoms with Crippen molar-refractivity contribution in [3.8, 4) is 6.07 Å². The molecule has 1 saturated carbocycles. The third-order valence-electron chi connectivity index (χ3n) is 5.22. The second kappa shape index (κ2) is 5.85. The van der Waals surface area contributed by atoms with Gasteiger partial charge >= 0.3 is 0 Å². The van der Waals surface area contributed by atoms with E-state index < -0.39 is 5.60 Å². The Kier molecular flexibility index (Phi) is 4.05. The maximum absolute atomic E-state index is 10.8. The van der Waals surface area contributed by atoms with Crippen LogP contribution in [-0.4, -0.2) is 33.3 Å². The van der Waals surface area contributed by atoms with Crippen molar-refractivity contribution in [2.24, 2.45) is 5.92 Å². The van der Waals surface area contributed by atoms with Crippen LogP contribution in [0.5, 0.6) is 0 Å². The molecule has 0 radical (unpaired) electrons. The van der Waals surface area contributed by atoms with Crippen molar-refractivity contribution in [1.82, 2.24) is 9.97 Å². The fourth-order valence-electron chi connectivity index (χ4n) is 4.15. The molecule has 1 aromatic heterocycles. The predicted octanol–water partition coefficient (Wildman–Crippen LogP) is 2.57. The van der Waals surface area contributed by atoms with Gasteiger partial charge in [0.2, 0.25) is 5.95 Å². The van der Waals surface area contributed by atoms with Crippen molar-refractivity contribution in [3.05, 3.63) is 17.5 Å². The molecule has 0 amide bonds. The number of rotatable bonds is 2. The van der Waals surface area contributed by atoms with Gasteiger partial charge in [0.05, 0.1) is 5.60 Å². The average molecular weight is 300 g/mol. The monoisotopic (exact) mass is 300 g/mol. The maximum atomic E-state index is 10.8. The van der Waals surface area contributed by atoms with Crippen LogP contribution in [0.2, 0.25) is 0 Å². The summed E-state index contributed by atoms with van der Waals surface area (Å²) in [6.45, 7) is 4.78. The van der Waals surface area contributed by atoms with Crippen LogP contribution in [0.25, 0.3) is 0 Å². The third-order valence-corrected chi connectivity index (χ3v) is 5.22. The smallest absolute Gasteiger partial charge is 0.227 e. The van der Waals surface area contributed by atoms with Gasteiger partial charge in [-0.3, -0.25) is 0 Å². The molecule has 5 heteroatoms. The first-order valence-electron chi connectivity index (χ1n) is 8.26. The lowest BCUT2D eigenvalue weighted by Gasteiger charge is -2.43. The molecule has 0 spiro atoms. The molecule has 1 aliphatic carbocycles. The van der Waals surface area contributed by atoms with E-state index in [2.05, 4.69) is 20.9 Å². The number of anilines is 1. The van der Waals surface area contributed by atoms with Gasteiger partial charge in [-0.25, -0.2) is 9.97 Å². The Balaban J connectivity index is 1.90. The second-order valence-electron chi connectivity index (χ2n) is 6.92. The summed E-state index contributed by atoms with van der Waals surface area (Å²) in [4.78, 5) is 11.2. The van der Waals surface area contributed by atoms with Crippen LogP contribution in [-0.2, 0) is 0 Å². The van der Waals surface area contributed by atoms with E-state index in [0.717, 1.165) is 44.3 Å². The van der Waals surface area contributed by atoms with Gasteiger partial charge in [0.1, 0.15) is 11.8 Å². The van der Waals surface area contributed by atoms with E-state index in [-0.39, 0.29) is 12.0 Å². The fourth-order valence-corrected chi connectivity index (χ4v) is 4.15. The average Bonchev–Trinajstić information content (AvgIpc) is 2.95. The van der Waals surface area contributed by atoms with E-state index >= 15 is 0 Å². The van der Waals surface area contributed by atoms with Crippen LogP contribution in [0, 0.1) is 24.2 Å². The van der Waals surface area contributed by atoms with Crippen molar-refractivity contribution < 1.29 is 5.11 Å². The number of aromatic nitrogens is 2. The molecular weight excluding hydrogens is 276 g/mol. The summed E-state index contributed by atoms with van der Waals surface area (Å²) in [5.41, 5.74) is 0.638. The van der Waals surface area contributed by atoms with Crippen LogP contribution in [0.15, 0.2) is 6.07 Å². The van der Waals surface area contributed by atoms with E-state index in [9.17, 15) is 5.11 Å². The lowest BCUT2D eigenvalue weighted by atomic mass is 9.72. The first kappa shape index (κ1) is 15.2. The van der Waals surface area contributed by atoms with Crippen LogP contribution in [0.1, 0.15) is 56.8 Å². The van der Waals surface area contributed by atoms with Crippen LogP contribution >= 0.6 is 0 Å². The molecular formula is C17H24N4O. The topological polar surface area (TPSA) is 73.0 Å². The summed E-state index contributed by atoms with van der Waals surface area (Å²) in [6, 6.07) is 4.11. The molecule has 22 heavy (non-hydrogen) atoms. The van der Waals surface area contributed by atoms with E-state index in [4.69, 9.17) is 5.26 Å². The summed E-state index contributed by atoms with van der Waals surface area (Å²) < 4.78 is 0. The third kappa shape index (κ3) is 2.80. The number of nitriles is 1. The Morgan fingerprint density at radius 3 is 2.86 bits per heavy atom. The highest BCUT2D eigenvalue weighted by Gasteiger charge is 2.44. The first-order chi connectivity index (χ1) is 10.5. The molecule has 1 aromatic rings. The summed E-state index contributed by atoms with van der Waals surface area (Å²) in [6.07, 6.45) is 6.39. The van der Waals surface area contributed by atoms with Gasteiger partial charge in [0, 0.05) is 24.2 Å². The first-order valence-corrected chi connectivity index (χ1v) is 8.26. The van der Waals surface area contributed by atoms with Crippen molar-refractivity contribution in [1.29, 1.82) is 5.26 Å². The van der Waals surface area contributed by atoms with E-state index in [0.29, 0.717) is 11.6 Å². The minimum atomic E-state index is -0.604. The second-order valence-corrected chi connectivity index (χ2v) is 6.92. The molecule has 3 unspecified atom stereocenters. The normalized spacial score (nSPS) is 32.0. The molecule has 2 heterocycles. The minimum Gasteiger partial charge on any atom is -0.390 e. The zero-order chi connectivity index (χ0) is 15.7. The van der Waals surface area contributed by atoms with Crippen LogP contribution < -0.4 is 4.90 Å². The molecule has 3 rings (SSSR count). The highest BCUT2D eigenvalue weighted by atomic mass is 16.3. The Hall–Kier alpha value is -1.67. The molecule has 1 saturated heterocycles. The lowest BCUT2D eigenvalue weighted by Crippen LogP contribution is -2.49. The molecule has 1 aliphatic heterocycles. The van der Waals surface area contributed by atoms with Crippen LogP contribution in [0.4, 0.5) is 5.95 Å². The molecule has 2 fully saturated rings. The van der Waals surface area contributed by atoms with E-state index in [1.54, 1.807) is 6.07 Å². The number of nitrogens with zero attached hydrogens (tertiary/aromatic N) is 4. The number of hydrogen-bond donors (Lipinski definition) is 1. The zero-order valence-electron chi connectivity index (χ0n) is 13.4. The van der Waals surface area contributed by atoms with Crippen molar-refractivity contribution >= 4 is 5.95 Å². The minimum absolute atomic E-state index is 0.262. The van der Waals surface area contributed by atoms with E-state index in [1.165, 1.54) is 6.42 Å². The van der Waals surface area contributed by atoms with Crippen LogP contribution in [0.3, 0.4) is 0 Å². The van der Waals surface area contributed by atoms with Gasteiger partial charge in [-0.15, -0.1) is 0 Å². The SMILES string of the molecule is Cc1cc(C#N)nc(N2CCCC2C2CCCCC2(C)O)n1. The highest BCUT2D eigenvalue weighted by molar-refractivity contribution is 5.39. The van der Waals surface area contributed by atoms with Gasteiger partial charge in [-0.2, -0.15) is 5.26 Å². The fraction of sp³-hybridized carbons (Fsp3) is 0.706. The highest BCUT2D eigenvalue weighted by Crippen LogP contribution is 2.41. The Morgan fingerprint density at radius 1 is 1.32 bits per heavy atom. The van der Waals surface area contributed by atoms with Crippen molar-refractivity contribution in [3.63, 3.8) is 0 Å². The Morgan fingerprint density at radius 2 is 2.14 bits per heavy atom. The van der Waals surface area contributed by atoms with Gasteiger partial charge < -0.3 is 10.0 Å². The Labute approximate surface area is 132 Å². The molecule has 5 nitrogen and oxygen atoms in total. The number of aryl methyl sites for hydroxylation is 1. The van der Waals surface area contributed by atoms with Gasteiger partial charge in [0.15, 0.2) is 0 Å². The molecule has 118 valence electrons. The van der Waals surface area contributed by atoms with Gasteiger partial charge in [-0.05, 0) is 45.6 Å². The molecule has 1 N–H and O–H groups in total. The maximum Gasteiger partial charge on any atom is 0.227 e. The van der Waals surface area contributed by atoms with E-state index in [1.807, 2.05) is 13.8 Å². The summed E-state index contributed by atoms with van der Waals surface area (Å²) in [5, 5.41) is 19.9. The molecule has 3 atom stereocenters. The molecule has 2 aliphatic rings. The predicted molar refractivity (Wildman–Crippen MR) is 84.4 cm³/mol. The van der Waals surface area contributed by atoms with Gasteiger partial charge in [0.25, 0.3) is 0 Å².